The monoisotopic (exact) mass is 399 g/mol. The van der Waals surface area contributed by atoms with Gasteiger partial charge in [0.15, 0.2) is 5.65 Å². The van der Waals surface area contributed by atoms with E-state index in [0.717, 1.165) is 11.3 Å². The highest BCUT2D eigenvalue weighted by atomic mass is 16.2. The van der Waals surface area contributed by atoms with Crippen molar-refractivity contribution in [1.82, 2.24) is 19.9 Å². The molecule has 2 N–H and O–H groups in total. The van der Waals surface area contributed by atoms with Gasteiger partial charge in [-0.1, -0.05) is 30.3 Å². The first-order valence-electron chi connectivity index (χ1n) is 9.78. The quantitative estimate of drug-likeness (QED) is 0.554. The van der Waals surface area contributed by atoms with Crippen molar-refractivity contribution in [3.63, 3.8) is 0 Å². The van der Waals surface area contributed by atoms with Crippen LogP contribution in [0.25, 0.3) is 16.9 Å². The molecule has 2 aromatic carbocycles. The number of fused-ring (bicyclic) bond motifs is 2. The Morgan fingerprint density at radius 1 is 1.00 bits per heavy atom. The van der Waals surface area contributed by atoms with E-state index in [1.807, 2.05) is 44.2 Å². The molecule has 0 fully saturated rings. The zero-order valence-corrected chi connectivity index (χ0v) is 16.7. The summed E-state index contributed by atoms with van der Waals surface area (Å²) in [6.07, 6.45) is 1.64. The SMILES string of the molecule is CC1(C)NC(=O)c2ccc(-n3c(=O)[nH]c4ncccc43)cc2N1Cc1ccccc1. The van der Waals surface area contributed by atoms with E-state index in [0.29, 0.717) is 29.0 Å². The molecule has 3 heterocycles. The third kappa shape index (κ3) is 2.86. The molecule has 7 nitrogen and oxygen atoms in total. The molecule has 7 heteroatoms. The predicted octanol–water partition coefficient (Wildman–Crippen LogP) is 3.20. The van der Waals surface area contributed by atoms with E-state index in [2.05, 4.69) is 32.3 Å². The molecule has 1 aliphatic heterocycles. The largest absolute Gasteiger partial charge is 0.344 e. The summed E-state index contributed by atoms with van der Waals surface area (Å²) in [4.78, 5) is 34.6. The summed E-state index contributed by atoms with van der Waals surface area (Å²) in [5.74, 6) is -0.126. The summed E-state index contributed by atoms with van der Waals surface area (Å²) >= 11 is 0. The van der Waals surface area contributed by atoms with Crippen LogP contribution in [0.15, 0.2) is 71.7 Å². The fourth-order valence-corrected chi connectivity index (χ4v) is 4.03. The molecule has 2 aromatic heterocycles. The second-order valence-electron chi connectivity index (χ2n) is 7.92. The number of nitrogens with zero attached hydrogens (tertiary/aromatic N) is 3. The summed E-state index contributed by atoms with van der Waals surface area (Å²) in [5, 5.41) is 3.08. The molecule has 4 aromatic rings. The first-order chi connectivity index (χ1) is 14.4. The van der Waals surface area contributed by atoms with Crippen molar-refractivity contribution in [2.45, 2.75) is 26.1 Å². The number of rotatable bonds is 3. The number of hydrogen-bond donors (Lipinski definition) is 2. The van der Waals surface area contributed by atoms with Crippen LogP contribution in [0.2, 0.25) is 0 Å². The average molecular weight is 399 g/mol. The number of pyridine rings is 1. The topological polar surface area (TPSA) is 83.0 Å². The molecule has 0 spiro atoms. The van der Waals surface area contributed by atoms with E-state index >= 15 is 0 Å². The standard InChI is InChI=1S/C23H21N5O2/c1-23(2)26-21(29)17-11-10-16(28-18-9-6-12-24-20(18)25-22(28)30)13-19(17)27(23)14-15-7-4-3-5-8-15/h3-13H,14H2,1-2H3,(H,26,29)(H,24,25,30). The van der Waals surface area contributed by atoms with Crippen LogP contribution >= 0.6 is 0 Å². The molecule has 0 saturated heterocycles. The van der Waals surface area contributed by atoms with Crippen molar-refractivity contribution in [2.75, 3.05) is 4.90 Å². The number of aromatic amines is 1. The Kier molecular flexibility index (Phi) is 3.99. The van der Waals surface area contributed by atoms with Gasteiger partial charge in [0, 0.05) is 12.7 Å². The number of anilines is 1. The highest BCUT2D eigenvalue weighted by Gasteiger charge is 2.36. The molecule has 1 amide bonds. The lowest BCUT2D eigenvalue weighted by molar-refractivity contribution is 0.0897. The van der Waals surface area contributed by atoms with Crippen molar-refractivity contribution < 1.29 is 4.79 Å². The number of imidazole rings is 1. The van der Waals surface area contributed by atoms with Crippen LogP contribution in [0.4, 0.5) is 5.69 Å². The highest BCUT2D eigenvalue weighted by Crippen LogP contribution is 2.34. The first kappa shape index (κ1) is 18.2. The van der Waals surface area contributed by atoms with Crippen LogP contribution < -0.4 is 15.9 Å². The smallest absolute Gasteiger partial charge is 0.332 e. The number of carbonyl (C=O) groups is 1. The van der Waals surface area contributed by atoms with E-state index < -0.39 is 5.66 Å². The number of hydrogen-bond acceptors (Lipinski definition) is 4. The zero-order valence-electron chi connectivity index (χ0n) is 16.7. The van der Waals surface area contributed by atoms with E-state index in [-0.39, 0.29) is 11.6 Å². The molecule has 5 rings (SSSR count). The van der Waals surface area contributed by atoms with Gasteiger partial charge in [-0.2, -0.15) is 0 Å². The lowest BCUT2D eigenvalue weighted by atomic mass is 9.99. The molecular weight excluding hydrogens is 378 g/mol. The van der Waals surface area contributed by atoms with E-state index in [1.54, 1.807) is 29.0 Å². The lowest BCUT2D eigenvalue weighted by Crippen LogP contribution is -2.60. The normalized spacial score (nSPS) is 15.1. The van der Waals surface area contributed by atoms with E-state index in [4.69, 9.17) is 0 Å². The van der Waals surface area contributed by atoms with Crippen molar-refractivity contribution in [3.05, 3.63) is 88.5 Å². The van der Waals surface area contributed by atoms with Crippen molar-refractivity contribution in [2.24, 2.45) is 0 Å². The number of benzene rings is 2. The Hall–Kier alpha value is -3.87. The van der Waals surface area contributed by atoms with Crippen LogP contribution in [-0.2, 0) is 6.54 Å². The molecule has 150 valence electrons. The van der Waals surface area contributed by atoms with Crippen LogP contribution in [-0.4, -0.2) is 26.1 Å². The molecule has 0 saturated carbocycles. The minimum absolute atomic E-state index is 0.126. The van der Waals surface area contributed by atoms with Crippen LogP contribution in [0.1, 0.15) is 29.8 Å². The van der Waals surface area contributed by atoms with Gasteiger partial charge >= 0.3 is 5.69 Å². The molecule has 30 heavy (non-hydrogen) atoms. The molecule has 0 atom stereocenters. The number of nitrogens with one attached hydrogen (secondary N) is 2. The Bertz CT molecular complexity index is 1320. The molecule has 0 bridgehead atoms. The maximum Gasteiger partial charge on any atom is 0.332 e. The van der Waals surface area contributed by atoms with Gasteiger partial charge in [-0.3, -0.25) is 14.3 Å². The van der Waals surface area contributed by atoms with Gasteiger partial charge in [0.05, 0.1) is 22.5 Å². The van der Waals surface area contributed by atoms with Crippen molar-refractivity contribution >= 4 is 22.8 Å². The Balaban J connectivity index is 1.68. The fourth-order valence-electron chi connectivity index (χ4n) is 4.03. The first-order valence-corrected chi connectivity index (χ1v) is 9.78. The predicted molar refractivity (Wildman–Crippen MR) is 116 cm³/mol. The molecule has 0 radical (unpaired) electrons. The average Bonchev–Trinajstić information content (AvgIpc) is 3.07. The van der Waals surface area contributed by atoms with Crippen LogP contribution in [0.5, 0.6) is 0 Å². The van der Waals surface area contributed by atoms with Gasteiger partial charge in [-0.25, -0.2) is 9.78 Å². The molecular formula is C23H21N5O2. The van der Waals surface area contributed by atoms with Gasteiger partial charge in [0.2, 0.25) is 0 Å². The molecule has 0 aliphatic carbocycles. The Morgan fingerprint density at radius 3 is 2.60 bits per heavy atom. The van der Waals surface area contributed by atoms with E-state index in [9.17, 15) is 9.59 Å². The Labute approximate surface area is 173 Å². The second kappa shape index (κ2) is 6.59. The lowest BCUT2D eigenvalue weighted by Gasteiger charge is -2.45. The van der Waals surface area contributed by atoms with Gasteiger partial charge in [-0.15, -0.1) is 0 Å². The van der Waals surface area contributed by atoms with Crippen LogP contribution in [0, 0.1) is 0 Å². The molecule has 0 unspecified atom stereocenters. The third-order valence-corrected chi connectivity index (χ3v) is 5.51. The molecule has 1 aliphatic rings. The summed E-state index contributed by atoms with van der Waals surface area (Å²) in [5.41, 5.74) is 3.54. The van der Waals surface area contributed by atoms with Crippen molar-refractivity contribution in [3.8, 4) is 5.69 Å². The summed E-state index contributed by atoms with van der Waals surface area (Å²) < 4.78 is 1.59. The number of amides is 1. The van der Waals surface area contributed by atoms with Gasteiger partial charge in [0.25, 0.3) is 5.91 Å². The van der Waals surface area contributed by atoms with Gasteiger partial charge < -0.3 is 10.2 Å². The third-order valence-electron chi connectivity index (χ3n) is 5.51. The maximum absolute atomic E-state index is 12.8. The Morgan fingerprint density at radius 2 is 1.80 bits per heavy atom. The van der Waals surface area contributed by atoms with E-state index in [1.165, 1.54) is 0 Å². The zero-order chi connectivity index (χ0) is 20.9. The summed E-state index contributed by atoms with van der Waals surface area (Å²) in [6.45, 7) is 4.57. The minimum atomic E-state index is -0.592. The van der Waals surface area contributed by atoms with Crippen molar-refractivity contribution in [1.29, 1.82) is 0 Å². The number of H-pyrrole nitrogens is 1. The maximum atomic E-state index is 12.8. The minimum Gasteiger partial charge on any atom is -0.344 e. The van der Waals surface area contributed by atoms with Gasteiger partial charge in [0.1, 0.15) is 5.66 Å². The summed E-state index contributed by atoms with van der Waals surface area (Å²) in [6, 6.07) is 19.2. The fraction of sp³-hybridized carbons (Fsp3) is 0.174. The van der Waals surface area contributed by atoms with Gasteiger partial charge in [-0.05, 0) is 49.7 Å². The number of carbonyl (C=O) groups excluding carboxylic acids is 1. The second-order valence-corrected chi connectivity index (χ2v) is 7.92. The number of aromatic nitrogens is 3. The highest BCUT2D eigenvalue weighted by molar-refractivity contribution is 6.03. The van der Waals surface area contributed by atoms with Crippen LogP contribution in [0.3, 0.4) is 0 Å². The summed E-state index contributed by atoms with van der Waals surface area (Å²) in [7, 11) is 0.